The van der Waals surface area contributed by atoms with Gasteiger partial charge in [-0.05, 0) is 62.8 Å². The van der Waals surface area contributed by atoms with Crippen LogP contribution in [-0.2, 0) is 17.6 Å². The highest BCUT2D eigenvalue weighted by Crippen LogP contribution is 2.39. The third kappa shape index (κ3) is 3.50. The number of fused-ring (bicyclic) bond motifs is 1. The summed E-state index contributed by atoms with van der Waals surface area (Å²) >= 11 is 0. The number of carbonyl (C=O) groups is 1. The molecule has 1 heterocycles. The van der Waals surface area contributed by atoms with Crippen LogP contribution in [0.2, 0.25) is 0 Å². The molecular formula is C21H26N2O. The number of carbonyl (C=O) groups excluding carboxylic acids is 1. The van der Waals surface area contributed by atoms with Crippen molar-refractivity contribution < 1.29 is 4.79 Å². The Bertz CT molecular complexity index is 703. The normalized spacial score (nSPS) is 16.7. The van der Waals surface area contributed by atoms with E-state index in [4.69, 9.17) is 0 Å². The maximum absolute atomic E-state index is 13.1. The predicted octanol–water partition coefficient (Wildman–Crippen LogP) is 4.33. The van der Waals surface area contributed by atoms with Crippen LogP contribution in [0.3, 0.4) is 0 Å². The van der Waals surface area contributed by atoms with E-state index < -0.39 is 0 Å². The third-order valence-corrected chi connectivity index (χ3v) is 4.75. The molecular weight excluding hydrogens is 296 g/mol. The lowest BCUT2D eigenvalue weighted by Gasteiger charge is -2.41. The average molecular weight is 322 g/mol. The Balaban J connectivity index is 1.79. The molecule has 1 aliphatic carbocycles. The molecule has 0 unspecified atom stereocenters. The van der Waals surface area contributed by atoms with Gasteiger partial charge < -0.3 is 4.90 Å². The SMILES string of the molecule is CC(C)(C)N(C(=O)CCc1cccnc1)[C@@H]1CCc2ccccc21. The van der Waals surface area contributed by atoms with Gasteiger partial charge in [-0.2, -0.15) is 0 Å². The first kappa shape index (κ1) is 16.7. The van der Waals surface area contributed by atoms with E-state index in [2.05, 4.69) is 54.9 Å². The van der Waals surface area contributed by atoms with Crippen molar-refractivity contribution >= 4 is 5.91 Å². The van der Waals surface area contributed by atoms with Gasteiger partial charge in [0.2, 0.25) is 5.91 Å². The van der Waals surface area contributed by atoms with E-state index in [1.54, 1.807) is 6.20 Å². The minimum Gasteiger partial charge on any atom is -0.331 e. The van der Waals surface area contributed by atoms with Crippen molar-refractivity contribution in [1.82, 2.24) is 9.88 Å². The van der Waals surface area contributed by atoms with Gasteiger partial charge in [0.25, 0.3) is 0 Å². The maximum Gasteiger partial charge on any atom is 0.223 e. The molecule has 1 atom stereocenters. The van der Waals surface area contributed by atoms with Crippen LogP contribution in [0.4, 0.5) is 0 Å². The lowest BCUT2D eigenvalue weighted by molar-refractivity contribution is -0.139. The fraction of sp³-hybridized carbons (Fsp3) is 0.429. The van der Waals surface area contributed by atoms with Crippen molar-refractivity contribution in [2.45, 2.75) is 58.0 Å². The fourth-order valence-electron chi connectivity index (χ4n) is 3.74. The van der Waals surface area contributed by atoms with Gasteiger partial charge in [-0.1, -0.05) is 30.3 Å². The van der Waals surface area contributed by atoms with E-state index in [1.807, 2.05) is 18.3 Å². The first-order valence-corrected chi connectivity index (χ1v) is 8.75. The molecule has 0 spiro atoms. The van der Waals surface area contributed by atoms with Gasteiger partial charge in [0, 0.05) is 24.4 Å². The molecule has 126 valence electrons. The van der Waals surface area contributed by atoms with Gasteiger partial charge in [0.1, 0.15) is 0 Å². The summed E-state index contributed by atoms with van der Waals surface area (Å²) in [6.45, 7) is 6.40. The first-order valence-electron chi connectivity index (χ1n) is 8.75. The Kier molecular flexibility index (Phi) is 4.70. The van der Waals surface area contributed by atoms with Crippen molar-refractivity contribution in [1.29, 1.82) is 0 Å². The zero-order valence-corrected chi connectivity index (χ0v) is 14.8. The number of hydrogen-bond acceptors (Lipinski definition) is 2. The van der Waals surface area contributed by atoms with Crippen molar-refractivity contribution in [2.75, 3.05) is 0 Å². The summed E-state index contributed by atoms with van der Waals surface area (Å²) in [5.41, 5.74) is 3.64. The summed E-state index contributed by atoms with van der Waals surface area (Å²) < 4.78 is 0. The molecule has 0 fully saturated rings. The third-order valence-electron chi connectivity index (χ3n) is 4.75. The average Bonchev–Trinajstić information content (AvgIpc) is 2.97. The number of rotatable bonds is 4. The molecule has 1 amide bonds. The molecule has 1 aromatic heterocycles. The zero-order valence-electron chi connectivity index (χ0n) is 14.8. The van der Waals surface area contributed by atoms with Crippen molar-refractivity contribution in [3.8, 4) is 0 Å². The van der Waals surface area contributed by atoms with Crippen LogP contribution in [0.25, 0.3) is 0 Å². The van der Waals surface area contributed by atoms with Crippen LogP contribution in [0.1, 0.15) is 56.3 Å². The molecule has 0 bridgehead atoms. The van der Waals surface area contributed by atoms with Gasteiger partial charge in [-0.25, -0.2) is 0 Å². The highest BCUT2D eigenvalue weighted by atomic mass is 16.2. The van der Waals surface area contributed by atoms with Crippen LogP contribution < -0.4 is 0 Å². The van der Waals surface area contributed by atoms with E-state index in [-0.39, 0.29) is 17.5 Å². The topological polar surface area (TPSA) is 33.2 Å². The number of pyridine rings is 1. The summed E-state index contributed by atoms with van der Waals surface area (Å²) in [6.07, 6.45) is 6.97. The second-order valence-electron chi connectivity index (χ2n) is 7.55. The molecule has 0 N–H and O–H groups in total. The molecule has 3 rings (SSSR count). The molecule has 1 aliphatic rings. The van der Waals surface area contributed by atoms with Crippen molar-refractivity contribution in [2.24, 2.45) is 0 Å². The molecule has 1 aromatic carbocycles. The monoisotopic (exact) mass is 322 g/mol. The van der Waals surface area contributed by atoms with Crippen LogP contribution in [0.5, 0.6) is 0 Å². The minimum absolute atomic E-state index is 0.186. The summed E-state index contributed by atoms with van der Waals surface area (Å²) in [4.78, 5) is 19.3. The number of nitrogens with zero attached hydrogens (tertiary/aromatic N) is 2. The Morgan fingerprint density at radius 2 is 2.00 bits per heavy atom. The van der Waals surface area contributed by atoms with Gasteiger partial charge in [-0.3, -0.25) is 9.78 Å². The molecule has 0 aliphatic heterocycles. The van der Waals surface area contributed by atoms with Crippen LogP contribution in [0, 0.1) is 0 Å². The smallest absolute Gasteiger partial charge is 0.223 e. The Morgan fingerprint density at radius 3 is 2.71 bits per heavy atom. The quantitative estimate of drug-likeness (QED) is 0.839. The maximum atomic E-state index is 13.1. The number of aryl methyl sites for hydroxylation is 2. The van der Waals surface area contributed by atoms with Gasteiger partial charge in [-0.15, -0.1) is 0 Å². The minimum atomic E-state index is -0.186. The van der Waals surface area contributed by atoms with E-state index >= 15 is 0 Å². The Hall–Kier alpha value is -2.16. The number of benzene rings is 1. The largest absolute Gasteiger partial charge is 0.331 e. The summed E-state index contributed by atoms with van der Waals surface area (Å²) in [5, 5.41) is 0. The zero-order chi connectivity index (χ0) is 17.2. The molecule has 0 saturated heterocycles. The predicted molar refractivity (Wildman–Crippen MR) is 96.7 cm³/mol. The Morgan fingerprint density at radius 1 is 1.21 bits per heavy atom. The highest BCUT2D eigenvalue weighted by molar-refractivity contribution is 5.78. The molecule has 24 heavy (non-hydrogen) atoms. The van der Waals surface area contributed by atoms with E-state index in [0.29, 0.717) is 6.42 Å². The molecule has 3 nitrogen and oxygen atoms in total. The first-order chi connectivity index (χ1) is 11.5. The molecule has 0 saturated carbocycles. The van der Waals surface area contributed by atoms with Crippen LogP contribution >= 0.6 is 0 Å². The summed E-state index contributed by atoms with van der Waals surface area (Å²) in [7, 11) is 0. The number of aromatic nitrogens is 1. The van der Waals surface area contributed by atoms with Crippen LogP contribution in [0.15, 0.2) is 48.8 Å². The molecule has 0 radical (unpaired) electrons. The van der Waals surface area contributed by atoms with Gasteiger partial charge in [0.15, 0.2) is 0 Å². The number of amides is 1. The van der Waals surface area contributed by atoms with E-state index in [9.17, 15) is 4.79 Å². The van der Waals surface area contributed by atoms with E-state index in [0.717, 1.165) is 24.8 Å². The summed E-state index contributed by atoms with van der Waals surface area (Å²) in [5.74, 6) is 0.230. The van der Waals surface area contributed by atoms with Crippen LogP contribution in [-0.4, -0.2) is 21.3 Å². The lowest BCUT2D eigenvalue weighted by atomic mass is 9.97. The second kappa shape index (κ2) is 6.76. The van der Waals surface area contributed by atoms with Gasteiger partial charge >= 0.3 is 0 Å². The number of hydrogen-bond donors (Lipinski definition) is 0. The van der Waals surface area contributed by atoms with Crippen molar-refractivity contribution in [3.05, 3.63) is 65.5 Å². The Labute approximate surface area is 144 Å². The van der Waals surface area contributed by atoms with Gasteiger partial charge in [0.05, 0.1) is 6.04 Å². The van der Waals surface area contributed by atoms with E-state index in [1.165, 1.54) is 11.1 Å². The molecule has 3 heteroatoms. The van der Waals surface area contributed by atoms with Crippen molar-refractivity contribution in [3.63, 3.8) is 0 Å². The summed E-state index contributed by atoms with van der Waals surface area (Å²) in [6, 6.07) is 12.7. The second-order valence-corrected chi connectivity index (χ2v) is 7.55. The lowest BCUT2D eigenvalue weighted by Crippen LogP contribution is -2.47. The molecule has 2 aromatic rings. The highest BCUT2D eigenvalue weighted by Gasteiger charge is 2.36. The fourth-order valence-corrected chi connectivity index (χ4v) is 3.74. The standard InChI is InChI=1S/C21H26N2O/c1-21(2,3)23(19-12-11-17-8-4-5-9-18(17)19)20(24)13-10-16-7-6-14-22-15-16/h4-9,14-15,19H,10-13H2,1-3H3/t19-/m1/s1.